The molecule has 2 saturated heterocycles. The summed E-state index contributed by atoms with van der Waals surface area (Å²) in [7, 11) is 0. The monoisotopic (exact) mass is 402 g/mol. The fraction of sp³-hybridized carbons (Fsp3) is 0.833. The van der Waals surface area contributed by atoms with Gasteiger partial charge in [-0.25, -0.2) is 9.78 Å². The molecule has 2 spiro atoms. The summed E-state index contributed by atoms with van der Waals surface area (Å²) in [5.74, 6) is 0.662. The zero-order valence-electron chi connectivity index (χ0n) is 18.2. The topological polar surface area (TPSA) is 61.8 Å². The molecule has 4 aliphatic carbocycles. The first kappa shape index (κ1) is 19.7. The molecule has 0 unspecified atom stereocenters. The van der Waals surface area contributed by atoms with Gasteiger partial charge in [-0.2, -0.15) is 0 Å². The molecule has 0 radical (unpaired) electrons. The van der Waals surface area contributed by atoms with Crippen LogP contribution in [0.3, 0.4) is 0 Å². The molecule has 0 aromatic heterocycles. The van der Waals surface area contributed by atoms with Gasteiger partial charge in [-0.1, -0.05) is 26.8 Å². The third-order valence-electron chi connectivity index (χ3n) is 9.73. The van der Waals surface area contributed by atoms with E-state index in [1.54, 1.807) is 0 Å². The fourth-order valence-electron chi connectivity index (χ4n) is 8.29. The summed E-state index contributed by atoms with van der Waals surface area (Å²) < 4.78 is 5.57. The number of fused-ring (bicyclic) bond motifs is 3. The van der Waals surface area contributed by atoms with Crippen LogP contribution >= 0.6 is 0 Å². The molecular formula is C24H34O5. The third-order valence-corrected chi connectivity index (χ3v) is 9.73. The number of ether oxygens (including phenoxy) is 1. The van der Waals surface area contributed by atoms with Gasteiger partial charge in [0.15, 0.2) is 0 Å². The van der Waals surface area contributed by atoms with Crippen LogP contribution in [0.25, 0.3) is 0 Å². The predicted octanol–water partition coefficient (Wildman–Crippen LogP) is 4.54. The Hall–Kier alpha value is -1.20. The van der Waals surface area contributed by atoms with Gasteiger partial charge in [-0.05, 0) is 61.9 Å². The molecule has 3 saturated carbocycles. The smallest absolute Gasteiger partial charge is 0.302 e. The van der Waals surface area contributed by atoms with Gasteiger partial charge in [-0.3, -0.25) is 4.79 Å². The van der Waals surface area contributed by atoms with Gasteiger partial charge in [0.1, 0.15) is 23.6 Å². The van der Waals surface area contributed by atoms with Crippen molar-refractivity contribution in [2.24, 2.45) is 28.6 Å². The van der Waals surface area contributed by atoms with Gasteiger partial charge in [0.25, 0.3) is 0 Å². The van der Waals surface area contributed by atoms with Crippen molar-refractivity contribution in [2.45, 2.75) is 96.4 Å². The number of hydrogen-bond donors (Lipinski definition) is 0. The Labute approximate surface area is 173 Å². The highest BCUT2D eigenvalue weighted by atomic mass is 17.2. The highest BCUT2D eigenvalue weighted by Crippen LogP contribution is 2.73. The van der Waals surface area contributed by atoms with Crippen LogP contribution in [0.5, 0.6) is 0 Å². The van der Waals surface area contributed by atoms with Crippen molar-refractivity contribution in [1.29, 1.82) is 0 Å². The van der Waals surface area contributed by atoms with Crippen LogP contribution in [0.1, 0.15) is 79.1 Å². The maximum Gasteiger partial charge on any atom is 0.302 e. The van der Waals surface area contributed by atoms with Crippen LogP contribution in [0.15, 0.2) is 11.6 Å². The molecule has 6 aliphatic rings. The molecular weight excluding hydrogens is 368 g/mol. The number of carbonyl (C=O) groups is 2. The van der Waals surface area contributed by atoms with Crippen LogP contribution in [0.4, 0.5) is 0 Å². The lowest BCUT2D eigenvalue weighted by Gasteiger charge is -2.69. The maximum atomic E-state index is 11.6. The SMILES string of the molecule is CC(=O)O[C@@H]1CC[C@]2(C)C3=CC[C@@]4(C)[C@@H](CC[C@H]4[C@H](C)C=O)[C@@]34CC[C@]2(C1)OO4. The number of aldehydes is 1. The number of hydrogen-bond acceptors (Lipinski definition) is 5. The fourth-order valence-corrected chi connectivity index (χ4v) is 8.29. The molecule has 0 aromatic rings. The second-order valence-electron chi connectivity index (χ2n) is 10.9. The minimum Gasteiger partial charge on any atom is -0.462 e. The Morgan fingerprint density at radius 2 is 2.00 bits per heavy atom. The molecule has 8 atom stereocenters. The van der Waals surface area contributed by atoms with E-state index >= 15 is 0 Å². The van der Waals surface area contributed by atoms with Crippen LogP contribution in [-0.4, -0.2) is 29.6 Å². The lowest BCUT2D eigenvalue weighted by atomic mass is 9.44. The number of rotatable bonds is 3. The van der Waals surface area contributed by atoms with Crippen LogP contribution in [-0.2, 0) is 24.1 Å². The number of carbonyl (C=O) groups excluding carboxylic acids is 2. The molecule has 0 N–H and O–H groups in total. The van der Waals surface area contributed by atoms with Gasteiger partial charge < -0.3 is 9.53 Å². The number of esters is 1. The van der Waals surface area contributed by atoms with Gasteiger partial charge >= 0.3 is 5.97 Å². The van der Waals surface area contributed by atoms with E-state index in [0.717, 1.165) is 51.2 Å². The maximum absolute atomic E-state index is 11.6. The minimum atomic E-state index is -0.402. The summed E-state index contributed by atoms with van der Waals surface area (Å²) >= 11 is 0. The van der Waals surface area contributed by atoms with Gasteiger partial charge in [0.05, 0.1) is 0 Å². The Bertz CT molecular complexity index is 763. The van der Waals surface area contributed by atoms with E-state index in [0.29, 0.717) is 18.3 Å². The van der Waals surface area contributed by atoms with E-state index in [1.165, 1.54) is 12.5 Å². The molecule has 160 valence electrons. The average Bonchev–Trinajstić information content (AvgIpc) is 3.05. The second kappa shape index (κ2) is 6.16. The van der Waals surface area contributed by atoms with Gasteiger partial charge in [0.2, 0.25) is 0 Å². The molecule has 0 aromatic carbocycles. The molecule has 2 heterocycles. The molecule has 0 amide bonds. The molecule has 2 bridgehead atoms. The highest BCUT2D eigenvalue weighted by Gasteiger charge is 2.73. The van der Waals surface area contributed by atoms with Crippen molar-refractivity contribution in [1.82, 2.24) is 0 Å². The van der Waals surface area contributed by atoms with Crippen molar-refractivity contribution < 1.29 is 24.1 Å². The van der Waals surface area contributed by atoms with Gasteiger partial charge in [-0.15, -0.1) is 0 Å². The molecule has 5 fully saturated rings. The summed E-state index contributed by atoms with van der Waals surface area (Å²) in [5, 5.41) is 0. The van der Waals surface area contributed by atoms with Crippen molar-refractivity contribution in [3.8, 4) is 0 Å². The zero-order chi connectivity index (χ0) is 20.7. The van der Waals surface area contributed by atoms with Crippen molar-refractivity contribution in [2.75, 3.05) is 0 Å². The quantitative estimate of drug-likeness (QED) is 0.300. The Balaban J connectivity index is 1.52. The lowest BCUT2D eigenvalue weighted by Crippen LogP contribution is -2.71. The molecule has 29 heavy (non-hydrogen) atoms. The second-order valence-corrected chi connectivity index (χ2v) is 10.9. The van der Waals surface area contributed by atoms with E-state index in [-0.39, 0.29) is 34.4 Å². The highest BCUT2D eigenvalue weighted by molar-refractivity contribution is 5.66. The summed E-state index contributed by atoms with van der Waals surface area (Å²) in [6.45, 7) is 8.28. The molecule has 5 nitrogen and oxygen atoms in total. The molecule has 6 rings (SSSR count). The minimum absolute atomic E-state index is 0.0736. The summed E-state index contributed by atoms with van der Waals surface area (Å²) in [5.41, 5.74) is 0.687. The van der Waals surface area contributed by atoms with E-state index in [1.807, 2.05) is 0 Å². The van der Waals surface area contributed by atoms with E-state index < -0.39 is 5.60 Å². The Kier molecular flexibility index (Phi) is 4.20. The first-order chi connectivity index (χ1) is 13.7. The van der Waals surface area contributed by atoms with E-state index in [2.05, 4.69) is 26.8 Å². The largest absolute Gasteiger partial charge is 0.462 e. The third kappa shape index (κ3) is 2.35. The summed E-state index contributed by atoms with van der Waals surface area (Å²) in [6.07, 6.45) is 11.1. The van der Waals surface area contributed by atoms with Crippen molar-refractivity contribution >= 4 is 12.3 Å². The van der Waals surface area contributed by atoms with Crippen molar-refractivity contribution in [3.05, 3.63) is 11.6 Å². The van der Waals surface area contributed by atoms with Crippen LogP contribution in [0, 0.1) is 28.6 Å². The first-order valence-electron chi connectivity index (χ1n) is 11.4. The molecule has 2 aliphatic heterocycles. The van der Waals surface area contributed by atoms with Crippen LogP contribution in [0.2, 0.25) is 0 Å². The summed E-state index contributed by atoms with van der Waals surface area (Å²) in [4.78, 5) is 35.8. The zero-order valence-corrected chi connectivity index (χ0v) is 18.2. The normalized spacial score (nSPS) is 51.3. The van der Waals surface area contributed by atoms with E-state index in [9.17, 15) is 9.59 Å². The predicted molar refractivity (Wildman–Crippen MR) is 107 cm³/mol. The molecule has 5 heteroatoms. The Morgan fingerprint density at radius 3 is 2.66 bits per heavy atom. The Morgan fingerprint density at radius 1 is 1.21 bits per heavy atom. The first-order valence-corrected chi connectivity index (χ1v) is 11.4. The lowest BCUT2D eigenvalue weighted by molar-refractivity contribution is -0.494. The average molecular weight is 403 g/mol. The van der Waals surface area contributed by atoms with Crippen LogP contribution < -0.4 is 0 Å². The standard InChI is InChI=1S/C24H34O5/c1-15(14-25)18-5-6-19-21(18,3)9-8-20-22(4)10-7-17(27-16(2)26)13-23(22)11-12-24(19,20)29-28-23/h8,14-15,17-19H,5-7,9-13H2,1-4H3/t15-,17-,18+,19-,21-,22-,23-,24+/m1/s1. The van der Waals surface area contributed by atoms with Gasteiger partial charge in [0, 0.05) is 30.6 Å². The van der Waals surface area contributed by atoms with Crippen molar-refractivity contribution in [3.63, 3.8) is 0 Å². The summed E-state index contributed by atoms with van der Waals surface area (Å²) in [6, 6.07) is 0. The van der Waals surface area contributed by atoms with E-state index in [4.69, 9.17) is 14.5 Å². The number of allylic oxidation sites excluding steroid dienone is 1.